The molecule has 0 bridgehead atoms. The number of hydrogen-bond acceptors (Lipinski definition) is 3. The van der Waals surface area contributed by atoms with Crippen LogP contribution in [0.3, 0.4) is 0 Å². The molecular weight excluding hydrogens is 351 g/mol. The number of aromatic nitrogens is 2. The Morgan fingerprint density at radius 2 is 1.81 bits per heavy atom. The number of hydrogen-bond donors (Lipinski definition) is 0. The van der Waals surface area contributed by atoms with Gasteiger partial charge in [0, 0.05) is 37.6 Å². The molecule has 0 radical (unpaired) electrons. The molecule has 4 rings (SSSR count). The van der Waals surface area contributed by atoms with Gasteiger partial charge in [-0.05, 0) is 17.7 Å². The van der Waals surface area contributed by atoms with Gasteiger partial charge >= 0.3 is 0 Å². The maximum Gasteiger partial charge on any atom is 0.158 e. The fourth-order valence-electron chi connectivity index (χ4n) is 3.28. The molecule has 0 N–H and O–H groups in total. The lowest BCUT2D eigenvalue weighted by molar-refractivity contribution is 0.206. The second-order valence-corrected chi connectivity index (χ2v) is 6.91. The highest BCUT2D eigenvalue weighted by Gasteiger charge is 2.26. The molecule has 134 valence electrons. The Morgan fingerprint density at radius 1 is 1.04 bits per heavy atom. The molecule has 1 unspecified atom stereocenters. The molecule has 2 heterocycles. The summed E-state index contributed by atoms with van der Waals surface area (Å²) >= 11 is 6.65. The van der Waals surface area contributed by atoms with E-state index in [-0.39, 0.29) is 11.3 Å². The Hall–Kier alpha value is -2.37. The van der Waals surface area contributed by atoms with Crippen molar-refractivity contribution in [2.24, 2.45) is 0 Å². The summed E-state index contributed by atoms with van der Waals surface area (Å²) in [4.78, 5) is 6.72. The van der Waals surface area contributed by atoms with E-state index in [0.29, 0.717) is 6.54 Å². The third-order valence-electron chi connectivity index (χ3n) is 4.66. The maximum atomic E-state index is 13.1. The van der Waals surface area contributed by atoms with E-state index in [4.69, 9.17) is 11.6 Å². The van der Waals surface area contributed by atoms with Gasteiger partial charge < -0.3 is 5.01 Å². The van der Waals surface area contributed by atoms with E-state index in [2.05, 4.69) is 31.7 Å². The molecule has 3 aromatic rings. The molecule has 1 atom stereocenters. The number of halogens is 2. The fourth-order valence-corrected chi connectivity index (χ4v) is 3.61. The number of alkyl halides is 1. The van der Waals surface area contributed by atoms with Crippen LogP contribution in [0, 0.1) is 5.82 Å². The van der Waals surface area contributed by atoms with Crippen molar-refractivity contribution in [2.75, 3.05) is 24.6 Å². The third kappa shape index (κ3) is 3.59. The van der Waals surface area contributed by atoms with Gasteiger partial charge in [0.1, 0.15) is 11.3 Å². The van der Waals surface area contributed by atoms with Gasteiger partial charge in [0.05, 0.1) is 6.54 Å². The number of imidazole rings is 1. The molecule has 1 aromatic heterocycles. The monoisotopic (exact) mass is 370 g/mol. The minimum atomic E-state index is -0.213. The van der Waals surface area contributed by atoms with Crippen LogP contribution in [0.5, 0.6) is 0 Å². The average molecular weight is 371 g/mol. The van der Waals surface area contributed by atoms with Crippen molar-refractivity contribution in [3.05, 3.63) is 78.4 Å². The molecule has 1 fully saturated rings. The summed E-state index contributed by atoms with van der Waals surface area (Å²) in [5.41, 5.74) is 2.02. The van der Waals surface area contributed by atoms with E-state index in [0.717, 1.165) is 36.6 Å². The molecular formula is C20H20ClFN4. The molecule has 0 saturated carbocycles. The highest BCUT2D eigenvalue weighted by Crippen LogP contribution is 2.21. The number of nitrogens with zero attached hydrogens (tertiary/aromatic N) is 4. The van der Waals surface area contributed by atoms with Crippen molar-refractivity contribution in [2.45, 2.75) is 12.0 Å². The summed E-state index contributed by atoms with van der Waals surface area (Å²) in [5, 5.41) is 2.22. The Kier molecular flexibility index (Phi) is 4.91. The van der Waals surface area contributed by atoms with E-state index >= 15 is 0 Å². The largest absolute Gasteiger partial charge is 0.307 e. The number of rotatable bonds is 4. The van der Waals surface area contributed by atoms with E-state index in [1.165, 1.54) is 12.1 Å². The van der Waals surface area contributed by atoms with Crippen molar-refractivity contribution < 1.29 is 4.39 Å². The van der Waals surface area contributed by atoms with Crippen LogP contribution in [-0.2, 0) is 6.54 Å². The minimum absolute atomic E-state index is 0.125. The highest BCUT2D eigenvalue weighted by molar-refractivity contribution is 6.20. The van der Waals surface area contributed by atoms with Crippen molar-refractivity contribution in [3.8, 4) is 11.4 Å². The molecule has 1 saturated heterocycles. The highest BCUT2D eigenvalue weighted by atomic mass is 35.5. The van der Waals surface area contributed by atoms with Gasteiger partial charge in [-0.2, -0.15) is 0 Å². The first-order valence-corrected chi connectivity index (χ1v) is 9.11. The number of piperazine rings is 1. The van der Waals surface area contributed by atoms with E-state index in [9.17, 15) is 4.39 Å². The Labute approximate surface area is 157 Å². The molecule has 1 aliphatic heterocycles. The van der Waals surface area contributed by atoms with E-state index in [1.54, 1.807) is 0 Å². The molecule has 0 amide bonds. The second-order valence-electron chi connectivity index (χ2n) is 6.41. The van der Waals surface area contributed by atoms with Crippen molar-refractivity contribution in [1.82, 2.24) is 14.6 Å². The third-order valence-corrected chi connectivity index (χ3v) is 5.07. The van der Waals surface area contributed by atoms with Crippen LogP contribution in [0.25, 0.3) is 11.4 Å². The van der Waals surface area contributed by atoms with E-state index < -0.39 is 0 Å². The first-order chi connectivity index (χ1) is 12.7. The Bertz CT molecular complexity index is 850. The quantitative estimate of drug-likeness (QED) is 0.517. The van der Waals surface area contributed by atoms with Crippen molar-refractivity contribution >= 4 is 11.6 Å². The summed E-state index contributed by atoms with van der Waals surface area (Å²) in [6, 6.07) is 16.8. The topological polar surface area (TPSA) is 24.3 Å². The fraction of sp³-hybridized carbons (Fsp3) is 0.250. The van der Waals surface area contributed by atoms with Crippen LogP contribution >= 0.6 is 11.6 Å². The van der Waals surface area contributed by atoms with Crippen LogP contribution in [0.4, 0.5) is 4.39 Å². The first kappa shape index (κ1) is 17.1. The van der Waals surface area contributed by atoms with Crippen LogP contribution in [0.2, 0.25) is 0 Å². The minimum Gasteiger partial charge on any atom is -0.307 e. The zero-order chi connectivity index (χ0) is 17.9. The molecule has 2 aromatic carbocycles. The van der Waals surface area contributed by atoms with E-state index in [1.807, 2.05) is 42.7 Å². The second kappa shape index (κ2) is 7.48. The molecule has 6 heteroatoms. The lowest BCUT2D eigenvalue weighted by atomic mass is 10.2. The van der Waals surface area contributed by atoms with Crippen molar-refractivity contribution in [1.29, 1.82) is 0 Å². The zero-order valence-electron chi connectivity index (χ0n) is 14.3. The predicted molar refractivity (Wildman–Crippen MR) is 102 cm³/mol. The number of benzene rings is 2. The van der Waals surface area contributed by atoms with Gasteiger partial charge in [0.2, 0.25) is 0 Å². The SMILES string of the molecule is Fc1ccc(CN2CCN(n3ccnc3-c3ccccc3)CC2Cl)cc1. The van der Waals surface area contributed by atoms with Crippen LogP contribution in [0.15, 0.2) is 67.0 Å². The van der Waals surface area contributed by atoms with Gasteiger partial charge in [-0.3, -0.25) is 4.90 Å². The van der Waals surface area contributed by atoms with Gasteiger partial charge in [0.15, 0.2) is 5.82 Å². The predicted octanol–water partition coefficient (Wildman–Crippen LogP) is 3.71. The summed E-state index contributed by atoms with van der Waals surface area (Å²) < 4.78 is 15.2. The lowest BCUT2D eigenvalue weighted by Gasteiger charge is -2.40. The molecule has 1 aliphatic rings. The molecule has 26 heavy (non-hydrogen) atoms. The summed E-state index contributed by atoms with van der Waals surface area (Å²) in [7, 11) is 0. The van der Waals surface area contributed by atoms with Gasteiger partial charge in [-0.15, -0.1) is 11.6 Å². The van der Waals surface area contributed by atoms with Gasteiger partial charge in [-0.25, -0.2) is 14.1 Å². The first-order valence-electron chi connectivity index (χ1n) is 8.67. The zero-order valence-corrected chi connectivity index (χ0v) is 15.1. The Morgan fingerprint density at radius 3 is 2.54 bits per heavy atom. The normalized spacial score (nSPS) is 18.2. The summed E-state index contributed by atoms with van der Waals surface area (Å²) in [5.74, 6) is 0.705. The smallest absolute Gasteiger partial charge is 0.158 e. The molecule has 0 spiro atoms. The van der Waals surface area contributed by atoms with Gasteiger partial charge in [0.25, 0.3) is 0 Å². The van der Waals surface area contributed by atoms with Crippen molar-refractivity contribution in [3.63, 3.8) is 0 Å². The van der Waals surface area contributed by atoms with Crippen LogP contribution in [-0.4, -0.2) is 39.7 Å². The maximum absolute atomic E-state index is 13.1. The Balaban J connectivity index is 1.46. The van der Waals surface area contributed by atoms with Crippen LogP contribution < -0.4 is 5.01 Å². The standard InChI is InChI=1S/C20H20ClFN4/c21-19-15-25(13-12-24(19)14-16-6-8-18(22)9-7-16)26-11-10-23-20(26)17-4-2-1-3-5-17/h1-11,19H,12-15H2. The van der Waals surface area contributed by atoms with Gasteiger partial charge in [-0.1, -0.05) is 42.5 Å². The lowest BCUT2D eigenvalue weighted by Crippen LogP contribution is -2.54. The molecule has 0 aliphatic carbocycles. The molecule has 4 nitrogen and oxygen atoms in total. The summed E-state index contributed by atoms with van der Waals surface area (Å²) in [6.07, 6.45) is 3.79. The average Bonchev–Trinajstić information content (AvgIpc) is 3.16. The van der Waals surface area contributed by atoms with Crippen LogP contribution in [0.1, 0.15) is 5.56 Å². The summed E-state index contributed by atoms with van der Waals surface area (Å²) in [6.45, 7) is 3.09.